The lowest BCUT2D eigenvalue weighted by atomic mass is 9.77. The van der Waals surface area contributed by atoms with E-state index in [2.05, 4.69) is 4.90 Å². The number of para-hydroxylation sites is 2. The molecule has 4 aromatic rings. The number of hydrogen-bond donors (Lipinski definition) is 0. The van der Waals surface area contributed by atoms with Gasteiger partial charge in [0.1, 0.15) is 5.82 Å². The van der Waals surface area contributed by atoms with Gasteiger partial charge in [-0.15, -0.1) is 0 Å². The van der Waals surface area contributed by atoms with Crippen molar-refractivity contribution in [2.24, 2.45) is 11.3 Å². The number of fused-ring (bicyclic) bond motifs is 1. The number of rotatable bonds is 16. The van der Waals surface area contributed by atoms with Crippen LogP contribution in [0.1, 0.15) is 54.4 Å². The van der Waals surface area contributed by atoms with Gasteiger partial charge < -0.3 is 33.3 Å². The summed E-state index contributed by atoms with van der Waals surface area (Å²) in [6.07, 6.45) is 3.37. The van der Waals surface area contributed by atoms with Crippen LogP contribution in [-0.4, -0.2) is 91.8 Å². The number of halogens is 1. The van der Waals surface area contributed by atoms with Crippen LogP contribution in [-0.2, 0) is 29.0 Å². The van der Waals surface area contributed by atoms with Crippen molar-refractivity contribution in [1.82, 2.24) is 19.4 Å². The van der Waals surface area contributed by atoms with E-state index >= 15 is 0 Å². The molecule has 2 saturated heterocycles. The number of Topliss-reactive ketones (excluding diaryl/α,β-unsaturated/α-hetero) is 1. The zero-order valence-electron chi connectivity index (χ0n) is 30.2. The first-order valence-electron chi connectivity index (χ1n) is 17.9. The predicted octanol–water partition coefficient (Wildman–Crippen LogP) is 6.18. The summed E-state index contributed by atoms with van der Waals surface area (Å²) in [6, 6.07) is 18.1. The van der Waals surface area contributed by atoms with Gasteiger partial charge in [-0.25, -0.2) is 9.37 Å². The molecule has 2 fully saturated rings. The molecular formula is C40H49FN4O6. The predicted molar refractivity (Wildman–Crippen MR) is 193 cm³/mol. The molecule has 0 spiro atoms. The average Bonchev–Trinajstić information content (AvgIpc) is 3.68. The van der Waals surface area contributed by atoms with Crippen molar-refractivity contribution in [2.75, 3.05) is 60.7 Å². The number of ketones is 1. The summed E-state index contributed by atoms with van der Waals surface area (Å²) >= 11 is 0. The second-order valence-corrected chi connectivity index (χ2v) is 13.6. The molecule has 0 aliphatic carbocycles. The van der Waals surface area contributed by atoms with Crippen LogP contribution in [0.4, 0.5) is 4.39 Å². The molecule has 1 amide bonds. The maximum atomic E-state index is 14.4. The number of nitrogens with zero attached hydrogens (tertiary/aromatic N) is 4. The summed E-state index contributed by atoms with van der Waals surface area (Å²) in [5.74, 6) is 1.88. The summed E-state index contributed by atoms with van der Waals surface area (Å²) in [5.41, 5.74) is 2.97. The third kappa shape index (κ3) is 7.89. The Morgan fingerprint density at radius 3 is 2.29 bits per heavy atom. The third-order valence-electron chi connectivity index (χ3n) is 10.6. The molecule has 272 valence electrons. The van der Waals surface area contributed by atoms with E-state index < -0.39 is 5.41 Å². The molecule has 6 rings (SSSR count). The van der Waals surface area contributed by atoms with Crippen LogP contribution in [0.15, 0.2) is 60.7 Å². The molecule has 0 radical (unpaired) electrons. The molecule has 2 aliphatic heterocycles. The molecule has 1 aromatic heterocycles. The van der Waals surface area contributed by atoms with Gasteiger partial charge in [0.15, 0.2) is 17.3 Å². The lowest BCUT2D eigenvalue weighted by Crippen LogP contribution is -2.42. The van der Waals surface area contributed by atoms with Gasteiger partial charge in [-0.1, -0.05) is 24.3 Å². The molecule has 0 saturated carbocycles. The third-order valence-corrected chi connectivity index (χ3v) is 10.6. The first kappa shape index (κ1) is 36.3. The Kier molecular flexibility index (Phi) is 11.6. The Hall–Kier alpha value is -4.48. The fourth-order valence-electron chi connectivity index (χ4n) is 7.73. The first-order chi connectivity index (χ1) is 24.8. The van der Waals surface area contributed by atoms with Gasteiger partial charge in [0.05, 0.1) is 44.4 Å². The summed E-state index contributed by atoms with van der Waals surface area (Å²) in [6.45, 7) is 6.98. The number of methoxy groups -OCH3 is 3. The van der Waals surface area contributed by atoms with Crippen molar-refractivity contribution in [1.29, 1.82) is 0 Å². The normalized spacial score (nSPS) is 18.5. The first-order valence-corrected chi connectivity index (χ1v) is 17.9. The van der Waals surface area contributed by atoms with Gasteiger partial charge in [0, 0.05) is 32.2 Å². The topological polar surface area (TPSA) is 95.4 Å². The van der Waals surface area contributed by atoms with Crippen LogP contribution in [0.5, 0.6) is 17.2 Å². The lowest BCUT2D eigenvalue weighted by molar-refractivity contribution is -0.137. The summed E-state index contributed by atoms with van der Waals surface area (Å²) < 4.78 is 38.1. The monoisotopic (exact) mass is 700 g/mol. The maximum Gasteiger partial charge on any atom is 0.229 e. The van der Waals surface area contributed by atoms with Crippen LogP contribution in [0.2, 0.25) is 0 Å². The number of hydrogen-bond acceptors (Lipinski definition) is 8. The highest BCUT2D eigenvalue weighted by atomic mass is 19.1. The highest BCUT2D eigenvalue weighted by Crippen LogP contribution is 2.42. The fourth-order valence-corrected chi connectivity index (χ4v) is 7.73. The number of carbonyl (C=O) groups excluding carboxylic acids is 2. The van der Waals surface area contributed by atoms with Crippen molar-refractivity contribution in [2.45, 2.75) is 52.1 Å². The SMILES string of the molecule is CCOCCn1c(C(=O)C2CCN(CCC3(Cc4ccc(F)cc4)CCN(Cc4cc(OC)c(OC)c(OC)c4)C3=O)CC2)nc2ccccc21. The van der Waals surface area contributed by atoms with E-state index in [0.29, 0.717) is 75.2 Å². The molecule has 1 unspecified atom stereocenters. The largest absolute Gasteiger partial charge is 0.493 e. The molecule has 2 aliphatic rings. The van der Waals surface area contributed by atoms with E-state index in [4.69, 9.17) is 23.9 Å². The number of aromatic nitrogens is 2. The number of piperidine rings is 1. The zero-order chi connectivity index (χ0) is 36.0. The number of likely N-dealkylation sites (tertiary alicyclic amines) is 2. The van der Waals surface area contributed by atoms with Gasteiger partial charge in [-0.2, -0.15) is 0 Å². The Balaban J connectivity index is 1.14. The van der Waals surface area contributed by atoms with Crippen LogP contribution in [0.3, 0.4) is 0 Å². The highest BCUT2D eigenvalue weighted by molar-refractivity contribution is 5.98. The smallest absolute Gasteiger partial charge is 0.229 e. The number of imidazole rings is 1. The fraction of sp³-hybridized carbons (Fsp3) is 0.475. The Labute approximate surface area is 299 Å². The van der Waals surface area contributed by atoms with Crippen molar-refractivity contribution in [3.05, 3.63) is 83.4 Å². The Morgan fingerprint density at radius 2 is 1.63 bits per heavy atom. The summed E-state index contributed by atoms with van der Waals surface area (Å²) in [4.78, 5) is 37.3. The molecule has 3 heterocycles. The van der Waals surface area contributed by atoms with Crippen molar-refractivity contribution in [3.63, 3.8) is 0 Å². The molecular weight excluding hydrogens is 651 g/mol. The molecule has 3 aromatic carbocycles. The number of benzene rings is 3. The molecule has 0 N–H and O–H groups in total. The molecule has 11 heteroatoms. The van der Waals surface area contributed by atoms with Crippen LogP contribution >= 0.6 is 0 Å². The minimum Gasteiger partial charge on any atom is -0.493 e. The molecule has 10 nitrogen and oxygen atoms in total. The van der Waals surface area contributed by atoms with E-state index in [9.17, 15) is 14.0 Å². The van der Waals surface area contributed by atoms with E-state index in [1.807, 2.05) is 52.8 Å². The van der Waals surface area contributed by atoms with E-state index in [1.54, 1.807) is 33.5 Å². The zero-order valence-corrected chi connectivity index (χ0v) is 30.2. The van der Waals surface area contributed by atoms with Crippen LogP contribution in [0.25, 0.3) is 11.0 Å². The second-order valence-electron chi connectivity index (χ2n) is 13.6. The van der Waals surface area contributed by atoms with Gasteiger partial charge in [0.2, 0.25) is 17.4 Å². The second kappa shape index (κ2) is 16.2. The van der Waals surface area contributed by atoms with Crippen molar-refractivity contribution in [3.8, 4) is 17.2 Å². The van der Waals surface area contributed by atoms with Crippen LogP contribution in [0, 0.1) is 17.2 Å². The van der Waals surface area contributed by atoms with Crippen molar-refractivity contribution < 1.29 is 32.9 Å². The minimum absolute atomic E-state index is 0.0866. The minimum atomic E-state index is -0.628. The molecule has 1 atom stereocenters. The highest BCUT2D eigenvalue weighted by Gasteiger charge is 2.46. The van der Waals surface area contributed by atoms with Gasteiger partial charge in [-0.3, -0.25) is 9.59 Å². The molecule has 0 bridgehead atoms. The quantitative estimate of drug-likeness (QED) is 0.101. The average molecular weight is 701 g/mol. The van der Waals surface area contributed by atoms with Gasteiger partial charge in [-0.05, 0) is 106 Å². The number of amides is 1. The summed E-state index contributed by atoms with van der Waals surface area (Å²) in [7, 11) is 4.72. The maximum absolute atomic E-state index is 14.4. The van der Waals surface area contributed by atoms with Crippen molar-refractivity contribution >= 4 is 22.7 Å². The standard InChI is InChI=1S/C40H49FN4O6/c1-5-51-23-22-45-33-9-7-6-8-32(33)42-38(45)36(46)30-14-18-43(19-15-30)20-16-40(26-28-10-12-31(41)13-11-28)17-21-44(39(40)47)27-29-24-34(48-2)37(50-4)35(25-29)49-3/h6-13,24-25,30H,5,14-23,26-27H2,1-4H3. The van der Waals surface area contributed by atoms with Gasteiger partial charge >= 0.3 is 0 Å². The molecule has 51 heavy (non-hydrogen) atoms. The van der Waals surface area contributed by atoms with Gasteiger partial charge in [0.25, 0.3) is 0 Å². The number of carbonyl (C=O) groups is 2. The number of ether oxygens (including phenoxy) is 4. The Morgan fingerprint density at radius 1 is 0.922 bits per heavy atom. The summed E-state index contributed by atoms with van der Waals surface area (Å²) in [5, 5.41) is 0. The van der Waals surface area contributed by atoms with Crippen LogP contribution < -0.4 is 14.2 Å². The lowest BCUT2D eigenvalue weighted by Gasteiger charge is -2.35. The van der Waals surface area contributed by atoms with E-state index in [1.165, 1.54) is 12.1 Å². The Bertz CT molecular complexity index is 1790. The van der Waals surface area contributed by atoms with E-state index in [-0.39, 0.29) is 23.4 Å². The van der Waals surface area contributed by atoms with E-state index in [0.717, 1.165) is 54.6 Å².